The van der Waals surface area contributed by atoms with Gasteiger partial charge in [-0.1, -0.05) is 26.8 Å². The molecule has 0 amide bonds. The van der Waals surface area contributed by atoms with Crippen molar-refractivity contribution >= 4 is 0 Å². The number of rotatable bonds is 5. The van der Waals surface area contributed by atoms with Gasteiger partial charge in [-0.05, 0) is 36.5 Å². The summed E-state index contributed by atoms with van der Waals surface area (Å²) in [6.07, 6.45) is 7.24. The number of hydrogen-bond donors (Lipinski definition) is 1. The molecule has 2 N–H and O–H groups in total. The summed E-state index contributed by atoms with van der Waals surface area (Å²) >= 11 is 0. The lowest BCUT2D eigenvalue weighted by atomic mass is 9.75. The summed E-state index contributed by atoms with van der Waals surface area (Å²) in [5.74, 6) is 0. The average molecular weight is 211 g/mol. The summed E-state index contributed by atoms with van der Waals surface area (Å²) in [7, 11) is 1.68. The Hall–Kier alpha value is -0.500. The van der Waals surface area contributed by atoms with Crippen molar-refractivity contribution in [1.82, 2.24) is 0 Å². The zero-order valence-corrected chi connectivity index (χ0v) is 10.6. The molecule has 0 spiro atoms. The summed E-state index contributed by atoms with van der Waals surface area (Å²) in [4.78, 5) is 0. The van der Waals surface area contributed by atoms with Crippen LogP contribution in [-0.2, 0) is 4.74 Å². The van der Waals surface area contributed by atoms with Crippen LogP contribution >= 0.6 is 0 Å². The molecule has 0 unspecified atom stereocenters. The third-order valence-electron chi connectivity index (χ3n) is 3.78. The first-order valence-corrected chi connectivity index (χ1v) is 5.85. The molecule has 0 aromatic heterocycles. The van der Waals surface area contributed by atoms with Gasteiger partial charge in [-0.25, -0.2) is 0 Å². The Bertz CT molecular complexity index is 233. The van der Waals surface area contributed by atoms with Crippen LogP contribution in [0.4, 0.5) is 0 Å². The van der Waals surface area contributed by atoms with Crippen molar-refractivity contribution < 1.29 is 4.74 Å². The largest absolute Gasteiger partial charge is 0.400 e. The van der Waals surface area contributed by atoms with Crippen molar-refractivity contribution in [3.8, 4) is 0 Å². The highest BCUT2D eigenvalue weighted by Gasteiger charge is 2.50. The highest BCUT2D eigenvalue weighted by molar-refractivity contribution is 5.04. The molecule has 1 rings (SSSR count). The fourth-order valence-corrected chi connectivity index (χ4v) is 2.29. The third-order valence-corrected chi connectivity index (χ3v) is 3.78. The molecular formula is C13H25NO. The second-order valence-electron chi connectivity index (χ2n) is 5.78. The van der Waals surface area contributed by atoms with E-state index in [1.165, 1.54) is 19.3 Å². The first kappa shape index (κ1) is 12.6. The van der Waals surface area contributed by atoms with Gasteiger partial charge in [-0.3, -0.25) is 0 Å². The maximum Gasteiger partial charge on any atom is 0.0853 e. The van der Waals surface area contributed by atoms with Crippen molar-refractivity contribution in [2.75, 3.05) is 13.7 Å². The zero-order valence-electron chi connectivity index (χ0n) is 10.6. The predicted octanol–water partition coefficient (Wildman–Crippen LogP) is 3.08. The second kappa shape index (κ2) is 4.56. The van der Waals surface area contributed by atoms with Crippen molar-refractivity contribution in [3.63, 3.8) is 0 Å². The molecule has 2 heteroatoms. The summed E-state index contributed by atoms with van der Waals surface area (Å²) in [5.41, 5.74) is 7.66. The lowest BCUT2D eigenvalue weighted by Gasteiger charge is -2.30. The molecule has 0 atom stereocenters. The fraction of sp³-hybridized carbons (Fsp3) is 0.846. The van der Waals surface area contributed by atoms with Crippen molar-refractivity contribution in [2.45, 2.75) is 46.5 Å². The summed E-state index contributed by atoms with van der Waals surface area (Å²) in [5, 5.41) is 0. The van der Waals surface area contributed by atoms with Gasteiger partial charge < -0.3 is 10.5 Å². The molecule has 88 valence electrons. The van der Waals surface area contributed by atoms with Crippen LogP contribution in [0.25, 0.3) is 0 Å². The minimum atomic E-state index is 0.441. The van der Waals surface area contributed by atoms with E-state index >= 15 is 0 Å². The number of hydrogen-bond acceptors (Lipinski definition) is 2. The third kappa shape index (κ3) is 3.23. The van der Waals surface area contributed by atoms with Crippen LogP contribution in [0.3, 0.4) is 0 Å². The van der Waals surface area contributed by atoms with Crippen LogP contribution in [0.1, 0.15) is 46.5 Å². The van der Waals surface area contributed by atoms with Crippen molar-refractivity contribution in [3.05, 3.63) is 11.8 Å². The molecule has 1 aliphatic rings. The average Bonchev–Trinajstić information content (AvgIpc) is 2.84. The highest BCUT2D eigenvalue weighted by atomic mass is 16.5. The Balaban J connectivity index is 2.35. The minimum absolute atomic E-state index is 0.441. The van der Waals surface area contributed by atoms with Gasteiger partial charge >= 0.3 is 0 Å². The van der Waals surface area contributed by atoms with Gasteiger partial charge in [-0.2, -0.15) is 0 Å². The van der Waals surface area contributed by atoms with Gasteiger partial charge in [0.05, 0.1) is 6.61 Å². The molecule has 1 saturated carbocycles. The standard InChI is InChI=1S/C13H25NO/c1-12(2,3)13(8-9-13)7-5-6-11(14)10-15-4/h6H,5,7-10,14H2,1-4H3. The Morgan fingerprint density at radius 1 is 1.40 bits per heavy atom. The number of methoxy groups -OCH3 is 1. The van der Waals surface area contributed by atoms with Crippen molar-refractivity contribution in [2.24, 2.45) is 16.6 Å². The molecule has 0 aromatic carbocycles. The van der Waals surface area contributed by atoms with E-state index in [0.29, 0.717) is 17.4 Å². The molecule has 0 heterocycles. The Kier molecular flexibility index (Phi) is 3.82. The number of allylic oxidation sites excluding steroid dienone is 1. The highest BCUT2D eigenvalue weighted by Crippen LogP contribution is 2.61. The van der Waals surface area contributed by atoms with E-state index in [4.69, 9.17) is 10.5 Å². The SMILES string of the molecule is COCC(N)=CCCC1(C(C)(C)C)CC1. The molecule has 0 bridgehead atoms. The summed E-state index contributed by atoms with van der Waals surface area (Å²) in [6.45, 7) is 7.61. The Morgan fingerprint density at radius 2 is 2.00 bits per heavy atom. The smallest absolute Gasteiger partial charge is 0.0853 e. The van der Waals surface area contributed by atoms with Crippen LogP contribution in [0.2, 0.25) is 0 Å². The molecule has 0 saturated heterocycles. The van der Waals surface area contributed by atoms with E-state index in [2.05, 4.69) is 26.8 Å². The molecule has 15 heavy (non-hydrogen) atoms. The summed E-state index contributed by atoms with van der Waals surface area (Å²) < 4.78 is 4.98. The molecule has 1 fully saturated rings. The fourth-order valence-electron chi connectivity index (χ4n) is 2.29. The predicted molar refractivity (Wildman–Crippen MR) is 64.5 cm³/mol. The van der Waals surface area contributed by atoms with Gasteiger partial charge in [0.15, 0.2) is 0 Å². The molecular weight excluding hydrogens is 186 g/mol. The molecule has 0 radical (unpaired) electrons. The lowest BCUT2D eigenvalue weighted by Crippen LogP contribution is -2.21. The topological polar surface area (TPSA) is 35.2 Å². The van der Waals surface area contributed by atoms with Gasteiger partial charge in [0, 0.05) is 12.8 Å². The van der Waals surface area contributed by atoms with E-state index in [1.54, 1.807) is 7.11 Å². The minimum Gasteiger partial charge on any atom is -0.400 e. The lowest BCUT2D eigenvalue weighted by molar-refractivity contribution is 0.199. The van der Waals surface area contributed by atoms with Crippen LogP contribution in [0.5, 0.6) is 0 Å². The van der Waals surface area contributed by atoms with Crippen molar-refractivity contribution in [1.29, 1.82) is 0 Å². The van der Waals surface area contributed by atoms with Gasteiger partial charge in [0.25, 0.3) is 0 Å². The molecule has 2 nitrogen and oxygen atoms in total. The number of ether oxygens (including phenoxy) is 1. The van der Waals surface area contributed by atoms with Crippen LogP contribution in [-0.4, -0.2) is 13.7 Å². The summed E-state index contributed by atoms with van der Waals surface area (Å²) in [6, 6.07) is 0. The van der Waals surface area contributed by atoms with E-state index < -0.39 is 0 Å². The molecule has 1 aliphatic carbocycles. The quantitative estimate of drug-likeness (QED) is 0.758. The van der Waals surface area contributed by atoms with E-state index in [9.17, 15) is 0 Å². The maximum atomic E-state index is 5.78. The number of nitrogens with two attached hydrogens (primary N) is 1. The normalized spacial score (nSPS) is 20.4. The molecule has 0 aromatic rings. The van der Waals surface area contributed by atoms with Crippen LogP contribution in [0, 0.1) is 10.8 Å². The van der Waals surface area contributed by atoms with Gasteiger partial charge in [0.1, 0.15) is 0 Å². The van der Waals surface area contributed by atoms with Gasteiger partial charge in [-0.15, -0.1) is 0 Å². The van der Waals surface area contributed by atoms with Crippen LogP contribution in [0.15, 0.2) is 11.8 Å². The zero-order chi connectivity index (χ0) is 11.5. The van der Waals surface area contributed by atoms with Crippen LogP contribution < -0.4 is 5.73 Å². The Labute approximate surface area is 93.9 Å². The van der Waals surface area contributed by atoms with E-state index in [0.717, 1.165) is 12.1 Å². The first-order chi connectivity index (χ1) is 6.91. The van der Waals surface area contributed by atoms with E-state index in [1.807, 2.05) is 0 Å². The second-order valence-corrected chi connectivity index (χ2v) is 5.78. The maximum absolute atomic E-state index is 5.78. The monoisotopic (exact) mass is 211 g/mol. The Morgan fingerprint density at radius 3 is 2.40 bits per heavy atom. The van der Waals surface area contributed by atoms with Gasteiger partial charge in [0.2, 0.25) is 0 Å². The van der Waals surface area contributed by atoms with E-state index in [-0.39, 0.29) is 0 Å². The first-order valence-electron chi connectivity index (χ1n) is 5.85. The molecule has 0 aliphatic heterocycles.